The number of pyridine rings is 1. The van der Waals surface area contributed by atoms with Crippen LogP contribution in [-0.4, -0.2) is 54.2 Å². The summed E-state index contributed by atoms with van der Waals surface area (Å²) in [4.78, 5) is 19.5. The average molecular weight is 249 g/mol. The maximum atomic E-state index is 10.9. The topological polar surface area (TPSA) is 56.7 Å². The first-order valence-corrected chi connectivity index (χ1v) is 6.19. The Bertz CT molecular complexity index is 434. The van der Waals surface area contributed by atoms with E-state index in [4.69, 9.17) is 5.11 Å². The van der Waals surface area contributed by atoms with Gasteiger partial charge in [0.2, 0.25) is 0 Å². The first kappa shape index (κ1) is 12.8. The Morgan fingerprint density at radius 3 is 3.00 bits per heavy atom. The fourth-order valence-electron chi connectivity index (χ4n) is 2.45. The Balaban J connectivity index is 2.19. The summed E-state index contributed by atoms with van der Waals surface area (Å²) in [6.07, 6.45) is 2.27. The molecule has 18 heavy (non-hydrogen) atoms. The zero-order chi connectivity index (χ0) is 13.1. The van der Waals surface area contributed by atoms with E-state index in [2.05, 4.69) is 28.9 Å². The maximum Gasteiger partial charge on any atom is 0.354 e. The molecule has 5 nitrogen and oxygen atoms in total. The van der Waals surface area contributed by atoms with Crippen LogP contribution in [-0.2, 0) is 0 Å². The summed E-state index contributed by atoms with van der Waals surface area (Å²) in [5, 5.41) is 8.97. The molecule has 1 fully saturated rings. The SMILES string of the molecule is CN(C)CC1CCCN1c1cccc(C(=O)O)n1. The lowest BCUT2D eigenvalue weighted by Crippen LogP contribution is -2.38. The lowest BCUT2D eigenvalue weighted by Gasteiger charge is -2.28. The van der Waals surface area contributed by atoms with Crippen LogP contribution >= 0.6 is 0 Å². The second-order valence-electron chi connectivity index (χ2n) is 4.94. The quantitative estimate of drug-likeness (QED) is 0.872. The minimum Gasteiger partial charge on any atom is -0.477 e. The molecule has 1 aromatic rings. The van der Waals surface area contributed by atoms with Crippen LogP contribution in [0.4, 0.5) is 5.82 Å². The summed E-state index contributed by atoms with van der Waals surface area (Å²) in [5.74, 6) is -0.195. The molecule has 0 radical (unpaired) electrons. The standard InChI is InChI=1S/C13H19N3O2/c1-15(2)9-10-5-4-8-16(10)12-7-3-6-11(14-12)13(17)18/h3,6-7,10H,4-5,8-9H2,1-2H3,(H,17,18). The van der Waals surface area contributed by atoms with Crippen molar-refractivity contribution in [3.63, 3.8) is 0 Å². The highest BCUT2D eigenvalue weighted by Crippen LogP contribution is 2.24. The maximum absolute atomic E-state index is 10.9. The zero-order valence-electron chi connectivity index (χ0n) is 10.8. The molecule has 0 amide bonds. The van der Waals surface area contributed by atoms with Gasteiger partial charge in [0.15, 0.2) is 5.69 Å². The van der Waals surface area contributed by atoms with Crippen LogP contribution in [0.15, 0.2) is 18.2 Å². The number of hydrogen-bond acceptors (Lipinski definition) is 4. The number of likely N-dealkylation sites (N-methyl/N-ethyl adjacent to an activating group) is 1. The summed E-state index contributed by atoms with van der Waals surface area (Å²) in [7, 11) is 4.11. The highest BCUT2D eigenvalue weighted by Gasteiger charge is 2.26. The number of rotatable bonds is 4. The number of carbonyl (C=O) groups is 1. The third-order valence-corrected chi connectivity index (χ3v) is 3.20. The summed E-state index contributed by atoms with van der Waals surface area (Å²) in [6, 6.07) is 5.61. The third-order valence-electron chi connectivity index (χ3n) is 3.20. The molecule has 1 N–H and O–H groups in total. The van der Waals surface area contributed by atoms with Gasteiger partial charge in [-0.25, -0.2) is 9.78 Å². The van der Waals surface area contributed by atoms with Crippen molar-refractivity contribution in [2.45, 2.75) is 18.9 Å². The van der Waals surface area contributed by atoms with Crippen molar-refractivity contribution < 1.29 is 9.90 Å². The molecule has 2 rings (SSSR count). The molecule has 1 aromatic heterocycles. The molecule has 0 bridgehead atoms. The monoisotopic (exact) mass is 249 g/mol. The minimum absolute atomic E-state index is 0.114. The summed E-state index contributed by atoms with van der Waals surface area (Å²) in [5.41, 5.74) is 0.114. The van der Waals surface area contributed by atoms with E-state index in [9.17, 15) is 4.79 Å². The third kappa shape index (κ3) is 2.79. The van der Waals surface area contributed by atoms with Crippen molar-refractivity contribution in [2.75, 3.05) is 32.1 Å². The van der Waals surface area contributed by atoms with Crippen molar-refractivity contribution in [2.24, 2.45) is 0 Å². The summed E-state index contributed by atoms with van der Waals surface area (Å²) < 4.78 is 0. The van der Waals surface area contributed by atoms with Gasteiger partial charge in [-0.15, -0.1) is 0 Å². The number of carboxylic acids is 1. The van der Waals surface area contributed by atoms with Gasteiger partial charge >= 0.3 is 5.97 Å². The lowest BCUT2D eigenvalue weighted by atomic mass is 10.2. The Morgan fingerprint density at radius 1 is 1.56 bits per heavy atom. The lowest BCUT2D eigenvalue weighted by molar-refractivity contribution is 0.0690. The van der Waals surface area contributed by atoms with Gasteiger partial charge in [-0.2, -0.15) is 0 Å². The molecule has 0 spiro atoms. The second-order valence-corrected chi connectivity index (χ2v) is 4.94. The van der Waals surface area contributed by atoms with Crippen molar-refractivity contribution in [1.82, 2.24) is 9.88 Å². The van der Waals surface area contributed by atoms with Gasteiger partial charge in [-0.05, 0) is 39.1 Å². The highest BCUT2D eigenvalue weighted by atomic mass is 16.4. The largest absolute Gasteiger partial charge is 0.477 e. The van der Waals surface area contributed by atoms with E-state index >= 15 is 0 Å². The molecule has 0 aromatic carbocycles. The van der Waals surface area contributed by atoms with Gasteiger partial charge in [-0.1, -0.05) is 6.07 Å². The summed E-state index contributed by atoms with van der Waals surface area (Å²) >= 11 is 0. The smallest absolute Gasteiger partial charge is 0.354 e. The van der Waals surface area contributed by atoms with Gasteiger partial charge < -0.3 is 14.9 Å². The number of aromatic carboxylic acids is 1. The second kappa shape index (κ2) is 5.35. The molecule has 2 heterocycles. The Labute approximate surface area is 107 Å². The van der Waals surface area contributed by atoms with E-state index in [1.165, 1.54) is 6.07 Å². The van der Waals surface area contributed by atoms with Gasteiger partial charge in [0.25, 0.3) is 0 Å². The first-order chi connectivity index (χ1) is 8.58. The molecule has 5 heteroatoms. The van der Waals surface area contributed by atoms with Gasteiger partial charge in [-0.3, -0.25) is 0 Å². The number of anilines is 1. The van der Waals surface area contributed by atoms with Gasteiger partial charge in [0, 0.05) is 19.1 Å². The molecular weight excluding hydrogens is 230 g/mol. The average Bonchev–Trinajstić information content (AvgIpc) is 2.76. The van der Waals surface area contributed by atoms with E-state index in [1.807, 2.05) is 6.07 Å². The number of carboxylic acid groups (broad SMARTS) is 1. The molecular formula is C13H19N3O2. The normalized spacial score (nSPS) is 19.5. The highest BCUT2D eigenvalue weighted by molar-refractivity contribution is 5.85. The first-order valence-electron chi connectivity index (χ1n) is 6.19. The minimum atomic E-state index is -0.972. The molecule has 0 aliphatic carbocycles. The van der Waals surface area contributed by atoms with Crippen molar-refractivity contribution in [3.05, 3.63) is 23.9 Å². The van der Waals surface area contributed by atoms with Crippen LogP contribution in [0.5, 0.6) is 0 Å². The zero-order valence-corrected chi connectivity index (χ0v) is 10.8. The van der Waals surface area contributed by atoms with Crippen molar-refractivity contribution >= 4 is 11.8 Å². The molecule has 98 valence electrons. The summed E-state index contributed by atoms with van der Waals surface area (Å²) in [6.45, 7) is 1.92. The molecule has 1 saturated heterocycles. The molecule has 1 aliphatic heterocycles. The van der Waals surface area contributed by atoms with Crippen LogP contribution in [0.1, 0.15) is 23.3 Å². The van der Waals surface area contributed by atoms with Crippen molar-refractivity contribution in [3.8, 4) is 0 Å². The van der Waals surface area contributed by atoms with Crippen LogP contribution in [0.2, 0.25) is 0 Å². The predicted octanol–water partition coefficient (Wildman–Crippen LogP) is 1.31. The number of aromatic nitrogens is 1. The Morgan fingerprint density at radius 2 is 2.33 bits per heavy atom. The molecule has 1 aliphatic rings. The van der Waals surface area contributed by atoms with E-state index < -0.39 is 5.97 Å². The van der Waals surface area contributed by atoms with E-state index in [-0.39, 0.29) is 5.69 Å². The number of hydrogen-bond donors (Lipinski definition) is 1. The Kier molecular flexibility index (Phi) is 3.81. The fourth-order valence-corrected chi connectivity index (χ4v) is 2.45. The van der Waals surface area contributed by atoms with Gasteiger partial charge in [0.05, 0.1) is 0 Å². The van der Waals surface area contributed by atoms with Crippen LogP contribution < -0.4 is 4.90 Å². The predicted molar refractivity (Wildman–Crippen MR) is 70.1 cm³/mol. The van der Waals surface area contributed by atoms with Crippen LogP contribution in [0, 0.1) is 0 Å². The number of nitrogens with zero attached hydrogens (tertiary/aromatic N) is 3. The van der Waals surface area contributed by atoms with E-state index in [1.54, 1.807) is 6.07 Å². The Hall–Kier alpha value is -1.62. The van der Waals surface area contributed by atoms with Gasteiger partial charge in [0.1, 0.15) is 5.82 Å². The van der Waals surface area contributed by atoms with Crippen LogP contribution in [0.3, 0.4) is 0 Å². The molecule has 0 saturated carbocycles. The molecule has 1 atom stereocenters. The van der Waals surface area contributed by atoms with E-state index in [0.29, 0.717) is 6.04 Å². The van der Waals surface area contributed by atoms with Crippen molar-refractivity contribution in [1.29, 1.82) is 0 Å². The van der Waals surface area contributed by atoms with Crippen LogP contribution in [0.25, 0.3) is 0 Å². The fraction of sp³-hybridized carbons (Fsp3) is 0.538. The van der Waals surface area contributed by atoms with E-state index in [0.717, 1.165) is 31.7 Å². The molecule has 1 unspecified atom stereocenters.